The molecule has 1 saturated heterocycles. The molecule has 0 N–H and O–H groups in total. The summed E-state index contributed by atoms with van der Waals surface area (Å²) in [4.78, 5) is 17.7. The standard InChI is InChI=1S/C13H18N2O3/c1-9(16)10-4-5-14-13(6-10)15-7-11(17-2)12(8-15)18-3/h4-6,11-12H,7-8H2,1-3H3. The number of hydrogen-bond acceptors (Lipinski definition) is 5. The summed E-state index contributed by atoms with van der Waals surface area (Å²) in [7, 11) is 3.36. The van der Waals surface area contributed by atoms with Gasteiger partial charge in [0.1, 0.15) is 18.0 Å². The number of rotatable bonds is 4. The van der Waals surface area contributed by atoms with Crippen LogP contribution in [0.15, 0.2) is 18.3 Å². The third-order valence-corrected chi connectivity index (χ3v) is 3.30. The summed E-state index contributed by atoms with van der Waals surface area (Å²) in [5.74, 6) is 0.841. The summed E-state index contributed by atoms with van der Waals surface area (Å²) in [5, 5.41) is 0. The summed E-state index contributed by atoms with van der Waals surface area (Å²) in [6.07, 6.45) is 1.74. The number of nitrogens with zero attached hydrogens (tertiary/aromatic N) is 2. The van der Waals surface area contributed by atoms with Crippen LogP contribution in [0.2, 0.25) is 0 Å². The number of anilines is 1. The quantitative estimate of drug-likeness (QED) is 0.750. The fourth-order valence-electron chi connectivity index (χ4n) is 2.19. The van der Waals surface area contributed by atoms with Crippen molar-refractivity contribution < 1.29 is 14.3 Å². The first-order chi connectivity index (χ1) is 8.65. The van der Waals surface area contributed by atoms with Crippen molar-refractivity contribution in [3.05, 3.63) is 23.9 Å². The second-order valence-electron chi connectivity index (χ2n) is 4.41. The molecule has 0 amide bonds. The Morgan fingerprint density at radius 1 is 1.33 bits per heavy atom. The third kappa shape index (κ3) is 2.52. The molecule has 0 radical (unpaired) electrons. The summed E-state index contributed by atoms with van der Waals surface area (Å²) in [5.41, 5.74) is 0.676. The minimum Gasteiger partial charge on any atom is -0.377 e. The van der Waals surface area contributed by atoms with Crippen molar-refractivity contribution in [2.24, 2.45) is 0 Å². The lowest BCUT2D eigenvalue weighted by molar-refractivity contribution is -0.00461. The van der Waals surface area contributed by atoms with Gasteiger partial charge in [-0.05, 0) is 19.1 Å². The lowest BCUT2D eigenvalue weighted by Crippen LogP contribution is -2.27. The topological polar surface area (TPSA) is 51.7 Å². The predicted molar refractivity (Wildman–Crippen MR) is 68.0 cm³/mol. The lowest BCUT2D eigenvalue weighted by Gasteiger charge is -2.17. The molecule has 1 aliphatic heterocycles. The van der Waals surface area contributed by atoms with Gasteiger partial charge in [-0.1, -0.05) is 0 Å². The zero-order valence-corrected chi connectivity index (χ0v) is 10.9. The molecule has 1 aromatic heterocycles. The van der Waals surface area contributed by atoms with Gasteiger partial charge in [-0.3, -0.25) is 4.79 Å². The van der Waals surface area contributed by atoms with Gasteiger partial charge in [0.05, 0.1) is 0 Å². The highest BCUT2D eigenvalue weighted by Gasteiger charge is 2.33. The molecule has 18 heavy (non-hydrogen) atoms. The van der Waals surface area contributed by atoms with Crippen molar-refractivity contribution in [2.75, 3.05) is 32.2 Å². The van der Waals surface area contributed by atoms with E-state index in [0.717, 1.165) is 18.9 Å². The molecule has 0 bridgehead atoms. The second-order valence-corrected chi connectivity index (χ2v) is 4.41. The maximum absolute atomic E-state index is 11.4. The van der Waals surface area contributed by atoms with Crippen molar-refractivity contribution in [1.29, 1.82) is 0 Å². The molecule has 5 heteroatoms. The van der Waals surface area contributed by atoms with Gasteiger partial charge >= 0.3 is 0 Å². The van der Waals surface area contributed by atoms with Crippen LogP contribution in [-0.2, 0) is 9.47 Å². The van der Waals surface area contributed by atoms with Gasteiger partial charge in [-0.25, -0.2) is 4.98 Å². The first-order valence-electron chi connectivity index (χ1n) is 5.93. The van der Waals surface area contributed by atoms with E-state index in [1.165, 1.54) is 0 Å². The van der Waals surface area contributed by atoms with Crippen molar-refractivity contribution in [1.82, 2.24) is 4.98 Å². The van der Waals surface area contributed by atoms with E-state index in [2.05, 4.69) is 9.88 Å². The zero-order chi connectivity index (χ0) is 13.1. The van der Waals surface area contributed by atoms with Crippen LogP contribution < -0.4 is 4.90 Å². The Hall–Kier alpha value is -1.46. The number of methoxy groups -OCH3 is 2. The fraction of sp³-hybridized carbons (Fsp3) is 0.538. The molecule has 0 aromatic carbocycles. The SMILES string of the molecule is COC1CN(c2cc(C(C)=O)ccn2)CC1OC. The van der Waals surface area contributed by atoms with Gasteiger partial charge in [0.25, 0.3) is 0 Å². The molecule has 5 nitrogen and oxygen atoms in total. The number of Topliss-reactive ketones (excluding diaryl/α,β-unsaturated/α-hetero) is 1. The van der Waals surface area contributed by atoms with Crippen molar-refractivity contribution in [3.63, 3.8) is 0 Å². The predicted octanol–water partition coefficient (Wildman–Crippen LogP) is 1.13. The number of pyridine rings is 1. The number of carbonyl (C=O) groups is 1. The van der Waals surface area contributed by atoms with Crippen molar-refractivity contribution >= 4 is 11.6 Å². The Kier molecular flexibility index (Phi) is 3.93. The molecule has 0 spiro atoms. The second kappa shape index (κ2) is 5.46. The largest absolute Gasteiger partial charge is 0.377 e. The van der Waals surface area contributed by atoms with Crippen LogP contribution in [0.4, 0.5) is 5.82 Å². The van der Waals surface area contributed by atoms with Gasteiger partial charge in [0.2, 0.25) is 0 Å². The number of aromatic nitrogens is 1. The van der Waals surface area contributed by atoms with Crippen LogP contribution in [0.1, 0.15) is 17.3 Å². The third-order valence-electron chi connectivity index (χ3n) is 3.30. The van der Waals surface area contributed by atoms with Crippen LogP contribution >= 0.6 is 0 Å². The molecular formula is C13H18N2O3. The summed E-state index contributed by atoms with van der Waals surface area (Å²) in [6, 6.07) is 3.54. The molecular weight excluding hydrogens is 232 g/mol. The minimum atomic E-state index is 0.0396. The number of carbonyl (C=O) groups excluding carboxylic acids is 1. The zero-order valence-electron chi connectivity index (χ0n) is 10.9. The Balaban J connectivity index is 2.18. The molecule has 2 unspecified atom stereocenters. The Morgan fingerprint density at radius 2 is 1.94 bits per heavy atom. The summed E-state index contributed by atoms with van der Waals surface area (Å²) < 4.78 is 10.8. The van der Waals surface area contributed by atoms with E-state index in [9.17, 15) is 4.79 Å². The molecule has 98 valence electrons. The molecule has 1 aliphatic rings. The van der Waals surface area contributed by atoms with Crippen LogP contribution in [0.25, 0.3) is 0 Å². The summed E-state index contributed by atoms with van der Waals surface area (Å²) in [6.45, 7) is 3.01. The van der Waals surface area contributed by atoms with Crippen LogP contribution in [0.3, 0.4) is 0 Å². The Bertz CT molecular complexity index is 424. The summed E-state index contributed by atoms with van der Waals surface area (Å²) >= 11 is 0. The first kappa shape index (κ1) is 13.0. The van der Waals surface area contributed by atoms with E-state index >= 15 is 0 Å². The fourth-order valence-corrected chi connectivity index (χ4v) is 2.19. The minimum absolute atomic E-state index is 0.0396. The van der Waals surface area contributed by atoms with Crippen LogP contribution in [0.5, 0.6) is 0 Å². The number of ether oxygens (including phenoxy) is 2. The average molecular weight is 250 g/mol. The molecule has 1 fully saturated rings. The lowest BCUT2D eigenvalue weighted by atomic mass is 10.2. The highest BCUT2D eigenvalue weighted by atomic mass is 16.5. The van der Waals surface area contributed by atoms with E-state index in [1.807, 2.05) is 6.07 Å². The van der Waals surface area contributed by atoms with Gasteiger partial charge in [0, 0.05) is 39.1 Å². The van der Waals surface area contributed by atoms with E-state index in [1.54, 1.807) is 33.4 Å². The molecule has 2 heterocycles. The molecule has 1 aromatic rings. The highest BCUT2D eigenvalue weighted by Crippen LogP contribution is 2.22. The van der Waals surface area contributed by atoms with E-state index in [4.69, 9.17) is 9.47 Å². The first-order valence-corrected chi connectivity index (χ1v) is 5.93. The van der Waals surface area contributed by atoms with Gasteiger partial charge in [-0.15, -0.1) is 0 Å². The Morgan fingerprint density at radius 3 is 2.44 bits per heavy atom. The van der Waals surface area contributed by atoms with Crippen molar-refractivity contribution in [2.45, 2.75) is 19.1 Å². The van der Waals surface area contributed by atoms with E-state index in [0.29, 0.717) is 5.56 Å². The number of hydrogen-bond donors (Lipinski definition) is 0. The van der Waals surface area contributed by atoms with Gasteiger partial charge in [0.15, 0.2) is 5.78 Å². The van der Waals surface area contributed by atoms with Crippen LogP contribution in [-0.4, -0.2) is 50.3 Å². The van der Waals surface area contributed by atoms with E-state index in [-0.39, 0.29) is 18.0 Å². The smallest absolute Gasteiger partial charge is 0.159 e. The molecule has 2 rings (SSSR count). The molecule has 2 atom stereocenters. The molecule has 0 saturated carbocycles. The monoisotopic (exact) mass is 250 g/mol. The van der Waals surface area contributed by atoms with Crippen molar-refractivity contribution in [3.8, 4) is 0 Å². The molecule has 0 aliphatic carbocycles. The normalized spacial score (nSPS) is 23.4. The van der Waals surface area contributed by atoms with Gasteiger partial charge < -0.3 is 14.4 Å². The van der Waals surface area contributed by atoms with E-state index < -0.39 is 0 Å². The average Bonchev–Trinajstić information content (AvgIpc) is 2.82. The number of ketones is 1. The van der Waals surface area contributed by atoms with Gasteiger partial charge in [-0.2, -0.15) is 0 Å². The maximum Gasteiger partial charge on any atom is 0.159 e. The van der Waals surface area contributed by atoms with Crippen LogP contribution in [0, 0.1) is 0 Å². The Labute approximate surface area is 107 Å². The highest BCUT2D eigenvalue weighted by molar-refractivity contribution is 5.94. The maximum atomic E-state index is 11.4.